The number of amides is 1. The number of likely N-dealkylation sites (N-methyl/N-ethyl adjacent to an activating group) is 1. The number of alkyl halides is 3. The van der Waals surface area contributed by atoms with Crippen LogP contribution in [-0.2, 0) is 22.7 Å². The molecule has 0 unspecified atom stereocenters. The van der Waals surface area contributed by atoms with Crippen molar-refractivity contribution < 1.29 is 26.4 Å². The number of hydrogen-bond donors (Lipinski definition) is 1. The van der Waals surface area contributed by atoms with Gasteiger partial charge in [0, 0.05) is 32.7 Å². The molecule has 1 fully saturated rings. The molecule has 1 aliphatic rings. The van der Waals surface area contributed by atoms with E-state index in [-0.39, 0.29) is 27.6 Å². The van der Waals surface area contributed by atoms with Gasteiger partial charge in [0.15, 0.2) is 0 Å². The van der Waals surface area contributed by atoms with Crippen molar-refractivity contribution in [2.45, 2.75) is 24.5 Å². The second-order valence-electron chi connectivity index (χ2n) is 7.36. The minimum Gasteiger partial charge on any atom is -0.348 e. The van der Waals surface area contributed by atoms with Crippen LogP contribution in [-0.4, -0.2) is 56.3 Å². The number of nitrogens with one attached hydrogen (secondary N) is 1. The highest BCUT2D eigenvalue weighted by Gasteiger charge is 2.31. The third-order valence-electron chi connectivity index (χ3n) is 5.31. The van der Waals surface area contributed by atoms with Gasteiger partial charge in [-0.25, -0.2) is 8.42 Å². The Morgan fingerprint density at radius 3 is 2.41 bits per heavy atom. The number of halogens is 4. The molecule has 0 saturated carbocycles. The van der Waals surface area contributed by atoms with Crippen molar-refractivity contribution in [2.24, 2.45) is 0 Å². The predicted molar refractivity (Wildman–Crippen MR) is 115 cm³/mol. The molecule has 1 aliphatic heterocycles. The van der Waals surface area contributed by atoms with Crippen LogP contribution in [0.15, 0.2) is 47.4 Å². The van der Waals surface area contributed by atoms with Gasteiger partial charge in [0.05, 0.1) is 21.0 Å². The summed E-state index contributed by atoms with van der Waals surface area (Å²) in [6.07, 6.45) is -4.49. The number of carbonyl (C=O) groups excluding carboxylic acids is 1. The molecule has 2 aromatic rings. The van der Waals surface area contributed by atoms with Crippen LogP contribution in [0, 0.1) is 0 Å². The van der Waals surface area contributed by atoms with Gasteiger partial charge in [-0.05, 0) is 42.4 Å². The number of rotatable bonds is 6. The minimum absolute atomic E-state index is 0.0429. The van der Waals surface area contributed by atoms with Crippen molar-refractivity contribution in [3.63, 3.8) is 0 Å². The number of hydrogen-bond acceptors (Lipinski definition) is 4. The van der Waals surface area contributed by atoms with E-state index in [1.807, 2.05) is 6.92 Å². The fraction of sp³-hybridized carbons (Fsp3) is 0.381. The Bertz CT molecular complexity index is 1090. The summed E-state index contributed by atoms with van der Waals surface area (Å²) in [7, 11) is -3.81. The Kier molecular flexibility index (Phi) is 7.49. The number of nitrogens with zero attached hydrogens (tertiary/aromatic N) is 2. The zero-order valence-electron chi connectivity index (χ0n) is 17.3. The summed E-state index contributed by atoms with van der Waals surface area (Å²) in [5, 5.41) is 2.54. The summed E-state index contributed by atoms with van der Waals surface area (Å²) in [5.41, 5.74) is -0.632. The second kappa shape index (κ2) is 9.78. The van der Waals surface area contributed by atoms with E-state index in [9.17, 15) is 26.4 Å². The first kappa shape index (κ1) is 24.5. The van der Waals surface area contributed by atoms with E-state index in [1.165, 1.54) is 34.6 Å². The fourth-order valence-corrected chi connectivity index (χ4v) is 5.06. The van der Waals surface area contributed by atoms with Gasteiger partial charge in [0.1, 0.15) is 0 Å². The first-order chi connectivity index (χ1) is 15.0. The Labute approximate surface area is 190 Å². The van der Waals surface area contributed by atoms with Gasteiger partial charge < -0.3 is 10.2 Å². The van der Waals surface area contributed by atoms with E-state index in [0.29, 0.717) is 26.2 Å². The maximum absolute atomic E-state index is 13.0. The van der Waals surface area contributed by atoms with Crippen molar-refractivity contribution in [1.82, 2.24) is 14.5 Å². The van der Waals surface area contributed by atoms with Crippen molar-refractivity contribution >= 4 is 27.5 Å². The van der Waals surface area contributed by atoms with E-state index in [0.717, 1.165) is 18.7 Å². The molecule has 1 N–H and O–H groups in total. The zero-order valence-corrected chi connectivity index (χ0v) is 18.9. The summed E-state index contributed by atoms with van der Waals surface area (Å²) in [4.78, 5) is 14.7. The highest BCUT2D eigenvalue weighted by molar-refractivity contribution is 7.89. The highest BCUT2D eigenvalue weighted by atomic mass is 35.5. The molecule has 6 nitrogen and oxygen atoms in total. The van der Waals surface area contributed by atoms with Gasteiger partial charge in [-0.2, -0.15) is 17.5 Å². The third kappa shape index (κ3) is 5.61. The monoisotopic (exact) mass is 489 g/mol. The van der Waals surface area contributed by atoms with E-state index >= 15 is 0 Å². The second-order valence-corrected chi connectivity index (χ2v) is 9.71. The fourth-order valence-electron chi connectivity index (χ4n) is 3.41. The molecule has 11 heteroatoms. The molecule has 0 aliphatic carbocycles. The number of benzene rings is 2. The quantitative estimate of drug-likeness (QED) is 0.673. The maximum Gasteiger partial charge on any atom is 0.416 e. The summed E-state index contributed by atoms with van der Waals surface area (Å²) >= 11 is 6.11. The van der Waals surface area contributed by atoms with Crippen LogP contribution in [0.4, 0.5) is 13.2 Å². The largest absolute Gasteiger partial charge is 0.416 e. The van der Waals surface area contributed by atoms with Crippen LogP contribution in [0.1, 0.15) is 28.4 Å². The highest BCUT2D eigenvalue weighted by Crippen LogP contribution is 2.29. The van der Waals surface area contributed by atoms with Crippen molar-refractivity contribution in [3.05, 3.63) is 64.2 Å². The Morgan fingerprint density at radius 2 is 1.78 bits per heavy atom. The van der Waals surface area contributed by atoms with Crippen LogP contribution in [0.2, 0.25) is 5.02 Å². The van der Waals surface area contributed by atoms with Crippen LogP contribution in [0.25, 0.3) is 0 Å². The molecule has 0 atom stereocenters. The number of sulfonamides is 1. The van der Waals surface area contributed by atoms with E-state index in [2.05, 4.69) is 10.2 Å². The molecule has 1 saturated heterocycles. The Hall–Kier alpha value is -2.14. The normalized spacial score (nSPS) is 16.2. The van der Waals surface area contributed by atoms with Gasteiger partial charge in [0.2, 0.25) is 10.0 Å². The van der Waals surface area contributed by atoms with E-state index < -0.39 is 27.7 Å². The molecular formula is C21H23ClF3N3O3S. The van der Waals surface area contributed by atoms with Gasteiger partial charge in [0.25, 0.3) is 5.91 Å². The van der Waals surface area contributed by atoms with Crippen molar-refractivity contribution in [1.29, 1.82) is 0 Å². The molecule has 32 heavy (non-hydrogen) atoms. The summed E-state index contributed by atoms with van der Waals surface area (Å²) in [6, 6.07) is 8.46. The van der Waals surface area contributed by atoms with Crippen LogP contribution >= 0.6 is 11.6 Å². The standard InChI is InChI=1S/C21H23ClF3N3O3S/c1-2-27-8-10-28(11-9-27)32(30,31)17-6-7-19(22)18(13-17)20(29)26-14-15-4-3-5-16(12-15)21(23,24)25/h3-7,12-13H,2,8-11,14H2,1H3,(H,26,29). The smallest absolute Gasteiger partial charge is 0.348 e. The Balaban J connectivity index is 1.75. The maximum atomic E-state index is 13.0. The molecule has 0 aromatic heterocycles. The molecule has 0 bridgehead atoms. The van der Waals surface area contributed by atoms with Crippen LogP contribution in [0.3, 0.4) is 0 Å². The molecule has 0 radical (unpaired) electrons. The zero-order chi connectivity index (χ0) is 23.5. The topological polar surface area (TPSA) is 69.7 Å². The molecule has 2 aromatic carbocycles. The molecular weight excluding hydrogens is 467 g/mol. The number of carbonyl (C=O) groups is 1. The van der Waals surface area contributed by atoms with Gasteiger partial charge >= 0.3 is 6.18 Å². The lowest BCUT2D eigenvalue weighted by molar-refractivity contribution is -0.137. The van der Waals surface area contributed by atoms with Gasteiger partial charge in [-0.15, -0.1) is 0 Å². The van der Waals surface area contributed by atoms with E-state index in [1.54, 1.807) is 0 Å². The number of piperazine rings is 1. The molecule has 0 spiro atoms. The Morgan fingerprint density at radius 1 is 1.09 bits per heavy atom. The van der Waals surface area contributed by atoms with Crippen molar-refractivity contribution in [2.75, 3.05) is 32.7 Å². The lowest BCUT2D eigenvalue weighted by Gasteiger charge is -2.33. The average Bonchev–Trinajstić information content (AvgIpc) is 2.77. The lowest BCUT2D eigenvalue weighted by atomic mass is 10.1. The summed E-state index contributed by atoms with van der Waals surface area (Å²) in [6.45, 7) is 4.60. The first-order valence-electron chi connectivity index (χ1n) is 9.98. The SMILES string of the molecule is CCN1CCN(S(=O)(=O)c2ccc(Cl)c(C(=O)NCc3cccc(C(F)(F)F)c3)c2)CC1. The van der Waals surface area contributed by atoms with Crippen LogP contribution < -0.4 is 5.32 Å². The molecule has 1 heterocycles. The lowest BCUT2D eigenvalue weighted by Crippen LogP contribution is -2.48. The van der Waals surface area contributed by atoms with E-state index in [4.69, 9.17) is 11.6 Å². The average molecular weight is 490 g/mol. The molecule has 1 amide bonds. The summed E-state index contributed by atoms with van der Waals surface area (Å²) in [5.74, 6) is -0.680. The van der Waals surface area contributed by atoms with Gasteiger partial charge in [-0.1, -0.05) is 30.7 Å². The van der Waals surface area contributed by atoms with Gasteiger partial charge in [-0.3, -0.25) is 4.79 Å². The minimum atomic E-state index is -4.49. The summed E-state index contributed by atoms with van der Waals surface area (Å²) < 4.78 is 66.0. The first-order valence-corrected chi connectivity index (χ1v) is 11.8. The molecule has 3 rings (SSSR count). The van der Waals surface area contributed by atoms with Crippen molar-refractivity contribution in [3.8, 4) is 0 Å². The van der Waals surface area contributed by atoms with Crippen LogP contribution in [0.5, 0.6) is 0 Å². The predicted octanol–water partition coefficient (Wildman–Crippen LogP) is 3.62. The third-order valence-corrected chi connectivity index (χ3v) is 7.53. The molecule has 174 valence electrons.